The van der Waals surface area contributed by atoms with Crippen molar-refractivity contribution < 1.29 is 14.6 Å². The van der Waals surface area contributed by atoms with Crippen LogP contribution in [0.3, 0.4) is 0 Å². The van der Waals surface area contributed by atoms with Crippen molar-refractivity contribution >= 4 is 5.97 Å². The van der Waals surface area contributed by atoms with Crippen LogP contribution in [0.15, 0.2) is 0 Å². The molecule has 4 atom stereocenters. The lowest BCUT2D eigenvalue weighted by Crippen LogP contribution is -2.63. The summed E-state index contributed by atoms with van der Waals surface area (Å²) in [7, 11) is 0. The zero-order chi connectivity index (χ0) is 14.0. The molecule has 110 valence electrons. The van der Waals surface area contributed by atoms with Crippen LogP contribution in [0.1, 0.15) is 52.9 Å². The largest absolute Gasteiger partial charge is 0.481 e. The standard InChI is InChI=1S/C15H27NO3/c1-4-19-13-9-12(15(13,2)3)16-11-7-5-6-10(8-11)14(17)18/h10-13,16H,4-9H2,1-3H3,(H,17,18). The molecule has 2 saturated carbocycles. The Kier molecular flexibility index (Phi) is 4.51. The smallest absolute Gasteiger partial charge is 0.306 e. The molecular weight excluding hydrogens is 242 g/mol. The van der Waals surface area contributed by atoms with Gasteiger partial charge in [0.15, 0.2) is 0 Å². The fourth-order valence-corrected chi connectivity index (χ4v) is 3.50. The predicted molar refractivity (Wildman–Crippen MR) is 74.1 cm³/mol. The van der Waals surface area contributed by atoms with Crippen LogP contribution in [-0.2, 0) is 9.53 Å². The number of carbonyl (C=O) groups is 1. The van der Waals surface area contributed by atoms with Gasteiger partial charge in [-0.05, 0) is 32.6 Å². The molecule has 0 saturated heterocycles. The minimum Gasteiger partial charge on any atom is -0.481 e. The molecule has 0 aromatic heterocycles. The highest BCUT2D eigenvalue weighted by Crippen LogP contribution is 2.43. The number of nitrogens with one attached hydrogen (secondary N) is 1. The van der Waals surface area contributed by atoms with Crippen LogP contribution in [0, 0.1) is 11.3 Å². The zero-order valence-electron chi connectivity index (χ0n) is 12.3. The van der Waals surface area contributed by atoms with E-state index in [4.69, 9.17) is 9.84 Å². The maximum atomic E-state index is 11.1. The number of carboxylic acid groups (broad SMARTS) is 1. The molecule has 0 aliphatic heterocycles. The van der Waals surface area contributed by atoms with Crippen molar-refractivity contribution in [2.75, 3.05) is 6.61 Å². The summed E-state index contributed by atoms with van der Waals surface area (Å²) in [5.41, 5.74) is 0.159. The van der Waals surface area contributed by atoms with Crippen molar-refractivity contribution in [3.63, 3.8) is 0 Å². The minimum atomic E-state index is -0.633. The summed E-state index contributed by atoms with van der Waals surface area (Å²) in [6, 6.07) is 0.822. The van der Waals surface area contributed by atoms with Gasteiger partial charge in [0.1, 0.15) is 0 Å². The first-order chi connectivity index (χ1) is 8.95. The van der Waals surface area contributed by atoms with E-state index < -0.39 is 5.97 Å². The molecule has 4 heteroatoms. The summed E-state index contributed by atoms with van der Waals surface area (Å²) in [4.78, 5) is 11.1. The Bertz CT molecular complexity index is 329. The summed E-state index contributed by atoms with van der Waals surface area (Å²) in [6.07, 6.45) is 5.14. The second-order valence-corrected chi connectivity index (χ2v) is 6.62. The molecule has 0 bridgehead atoms. The molecule has 2 fully saturated rings. The fraction of sp³-hybridized carbons (Fsp3) is 0.933. The van der Waals surface area contributed by atoms with E-state index in [-0.39, 0.29) is 11.3 Å². The van der Waals surface area contributed by atoms with E-state index in [1.807, 2.05) is 6.92 Å². The summed E-state index contributed by atoms with van der Waals surface area (Å²) >= 11 is 0. The van der Waals surface area contributed by atoms with Gasteiger partial charge in [-0.1, -0.05) is 20.3 Å². The molecule has 0 aromatic rings. The number of hydrogen-bond donors (Lipinski definition) is 2. The van der Waals surface area contributed by atoms with Crippen molar-refractivity contribution in [2.24, 2.45) is 11.3 Å². The van der Waals surface area contributed by atoms with Gasteiger partial charge < -0.3 is 15.2 Å². The van der Waals surface area contributed by atoms with Crippen molar-refractivity contribution in [1.82, 2.24) is 5.32 Å². The van der Waals surface area contributed by atoms with Gasteiger partial charge in [-0.25, -0.2) is 0 Å². The Morgan fingerprint density at radius 3 is 2.68 bits per heavy atom. The van der Waals surface area contributed by atoms with Crippen LogP contribution in [0.2, 0.25) is 0 Å². The molecule has 0 heterocycles. The highest BCUT2D eigenvalue weighted by atomic mass is 16.5. The Hall–Kier alpha value is -0.610. The first-order valence-electron chi connectivity index (χ1n) is 7.55. The van der Waals surface area contributed by atoms with E-state index in [2.05, 4.69) is 19.2 Å². The third-order valence-electron chi connectivity index (χ3n) is 5.01. The summed E-state index contributed by atoms with van der Waals surface area (Å²) in [5.74, 6) is -0.788. The summed E-state index contributed by atoms with van der Waals surface area (Å²) < 4.78 is 5.74. The van der Waals surface area contributed by atoms with Crippen molar-refractivity contribution in [1.29, 1.82) is 0 Å². The molecule has 4 nitrogen and oxygen atoms in total. The molecule has 2 N–H and O–H groups in total. The Morgan fingerprint density at radius 1 is 1.37 bits per heavy atom. The number of aliphatic carboxylic acids is 1. The van der Waals surface area contributed by atoms with E-state index in [0.717, 1.165) is 38.7 Å². The van der Waals surface area contributed by atoms with Gasteiger partial charge >= 0.3 is 5.97 Å². The average Bonchev–Trinajstić information content (AvgIpc) is 2.38. The van der Waals surface area contributed by atoms with E-state index in [1.54, 1.807) is 0 Å². The van der Waals surface area contributed by atoms with Crippen LogP contribution in [0.25, 0.3) is 0 Å². The first-order valence-corrected chi connectivity index (χ1v) is 7.55. The molecule has 0 spiro atoms. The lowest BCUT2D eigenvalue weighted by atomic mass is 9.64. The highest BCUT2D eigenvalue weighted by Gasteiger charge is 2.49. The van der Waals surface area contributed by atoms with Crippen LogP contribution in [0.4, 0.5) is 0 Å². The lowest BCUT2D eigenvalue weighted by molar-refractivity contribution is -0.143. The van der Waals surface area contributed by atoms with Crippen LogP contribution in [0.5, 0.6) is 0 Å². The molecule has 19 heavy (non-hydrogen) atoms. The van der Waals surface area contributed by atoms with Crippen molar-refractivity contribution in [3.05, 3.63) is 0 Å². The second-order valence-electron chi connectivity index (χ2n) is 6.62. The first kappa shape index (κ1) is 14.8. The van der Waals surface area contributed by atoms with Gasteiger partial charge in [-0.15, -0.1) is 0 Å². The SMILES string of the molecule is CCOC1CC(NC2CCCC(C(=O)O)C2)C1(C)C. The predicted octanol–water partition coefficient (Wildman–Crippen LogP) is 2.42. The molecule has 0 aromatic carbocycles. The molecule has 0 radical (unpaired) electrons. The zero-order valence-corrected chi connectivity index (χ0v) is 12.3. The Labute approximate surface area is 115 Å². The topological polar surface area (TPSA) is 58.6 Å². The van der Waals surface area contributed by atoms with Crippen LogP contribution in [-0.4, -0.2) is 35.9 Å². The molecule has 2 rings (SSSR count). The van der Waals surface area contributed by atoms with Crippen LogP contribution < -0.4 is 5.32 Å². The minimum absolute atomic E-state index is 0.155. The van der Waals surface area contributed by atoms with Crippen LogP contribution >= 0.6 is 0 Å². The molecule has 0 amide bonds. The fourth-order valence-electron chi connectivity index (χ4n) is 3.50. The maximum absolute atomic E-state index is 11.1. The number of rotatable bonds is 5. The molecule has 2 aliphatic carbocycles. The second kappa shape index (κ2) is 5.80. The third-order valence-corrected chi connectivity index (χ3v) is 5.01. The summed E-state index contributed by atoms with van der Waals surface area (Å²) in [6.45, 7) is 7.29. The van der Waals surface area contributed by atoms with E-state index in [1.165, 1.54) is 0 Å². The quantitative estimate of drug-likeness (QED) is 0.805. The van der Waals surface area contributed by atoms with Gasteiger partial charge in [-0.3, -0.25) is 4.79 Å². The van der Waals surface area contributed by atoms with Crippen molar-refractivity contribution in [2.45, 2.75) is 71.1 Å². The van der Waals surface area contributed by atoms with E-state index in [0.29, 0.717) is 18.2 Å². The third kappa shape index (κ3) is 3.11. The number of ether oxygens (including phenoxy) is 1. The van der Waals surface area contributed by atoms with Gasteiger partial charge in [-0.2, -0.15) is 0 Å². The normalized spacial score (nSPS) is 37.6. The summed E-state index contributed by atoms with van der Waals surface area (Å²) in [5, 5.41) is 12.8. The number of carboxylic acids is 1. The average molecular weight is 269 g/mol. The van der Waals surface area contributed by atoms with Gasteiger partial charge in [0.2, 0.25) is 0 Å². The molecular formula is C15H27NO3. The van der Waals surface area contributed by atoms with Crippen molar-refractivity contribution in [3.8, 4) is 0 Å². The van der Waals surface area contributed by atoms with Gasteiger partial charge in [0, 0.05) is 24.1 Å². The van der Waals surface area contributed by atoms with Gasteiger partial charge in [0.05, 0.1) is 12.0 Å². The van der Waals surface area contributed by atoms with E-state index >= 15 is 0 Å². The molecule has 4 unspecified atom stereocenters. The Morgan fingerprint density at radius 2 is 2.11 bits per heavy atom. The monoisotopic (exact) mass is 269 g/mol. The van der Waals surface area contributed by atoms with Gasteiger partial charge in [0.25, 0.3) is 0 Å². The Balaban J connectivity index is 1.84. The molecule has 2 aliphatic rings. The lowest BCUT2D eigenvalue weighted by Gasteiger charge is -2.53. The highest BCUT2D eigenvalue weighted by molar-refractivity contribution is 5.70. The maximum Gasteiger partial charge on any atom is 0.306 e. The van der Waals surface area contributed by atoms with E-state index in [9.17, 15) is 4.79 Å². The number of hydrogen-bond acceptors (Lipinski definition) is 3.